The van der Waals surface area contributed by atoms with E-state index in [0.717, 1.165) is 11.5 Å². The van der Waals surface area contributed by atoms with Crippen molar-refractivity contribution in [2.75, 3.05) is 20.2 Å². The van der Waals surface area contributed by atoms with Crippen LogP contribution in [0.3, 0.4) is 0 Å². The largest absolute Gasteiger partial charge is 0.486 e. The van der Waals surface area contributed by atoms with Gasteiger partial charge in [0.2, 0.25) is 5.91 Å². The first kappa shape index (κ1) is 16.6. The molecule has 0 bridgehead atoms. The Hall–Kier alpha value is -1.46. The van der Waals surface area contributed by atoms with Crippen LogP contribution in [-0.4, -0.2) is 43.2 Å². The van der Waals surface area contributed by atoms with Gasteiger partial charge in [0.05, 0.1) is 6.54 Å². The van der Waals surface area contributed by atoms with E-state index in [2.05, 4.69) is 0 Å². The third-order valence-corrected chi connectivity index (χ3v) is 2.97. The molecule has 2 N–H and O–H groups in total. The van der Waals surface area contributed by atoms with Crippen LogP contribution in [0.2, 0.25) is 0 Å². The fourth-order valence-electron chi connectivity index (χ4n) is 1.99. The zero-order valence-corrected chi connectivity index (χ0v) is 12.6. The Morgan fingerprint density at radius 1 is 1.45 bits per heavy atom. The van der Waals surface area contributed by atoms with Gasteiger partial charge in [0, 0.05) is 19.5 Å². The summed E-state index contributed by atoms with van der Waals surface area (Å²) in [5, 5.41) is 0. The first-order chi connectivity index (χ1) is 9.06. The molecule has 2 rings (SSSR count). The molecule has 112 valence electrons. The molecular formula is C14H21ClN2O3. The van der Waals surface area contributed by atoms with Crippen molar-refractivity contribution < 1.29 is 14.3 Å². The van der Waals surface area contributed by atoms with E-state index in [-0.39, 0.29) is 30.5 Å². The van der Waals surface area contributed by atoms with E-state index in [1.807, 2.05) is 31.2 Å². The zero-order chi connectivity index (χ0) is 13.8. The number of amides is 1. The van der Waals surface area contributed by atoms with Crippen molar-refractivity contribution in [1.82, 2.24) is 4.90 Å². The number of hydrogen-bond acceptors (Lipinski definition) is 4. The molecule has 1 aliphatic heterocycles. The van der Waals surface area contributed by atoms with Gasteiger partial charge in [-0.05, 0) is 19.1 Å². The van der Waals surface area contributed by atoms with Gasteiger partial charge in [-0.15, -0.1) is 12.4 Å². The van der Waals surface area contributed by atoms with E-state index in [9.17, 15) is 4.79 Å². The van der Waals surface area contributed by atoms with Gasteiger partial charge in [0.25, 0.3) is 0 Å². The maximum atomic E-state index is 11.8. The Bertz CT molecular complexity index is 454. The van der Waals surface area contributed by atoms with Crippen molar-refractivity contribution in [3.8, 4) is 11.5 Å². The van der Waals surface area contributed by atoms with E-state index in [0.29, 0.717) is 19.6 Å². The lowest BCUT2D eigenvalue weighted by molar-refractivity contribution is -0.131. The smallest absolute Gasteiger partial charge is 0.223 e. The number of rotatable bonds is 4. The minimum Gasteiger partial charge on any atom is -0.486 e. The van der Waals surface area contributed by atoms with Gasteiger partial charge in [-0.25, -0.2) is 0 Å². The number of ether oxygens (including phenoxy) is 2. The first-order valence-electron chi connectivity index (χ1n) is 6.44. The third-order valence-electron chi connectivity index (χ3n) is 2.97. The average Bonchev–Trinajstić information content (AvgIpc) is 2.37. The predicted molar refractivity (Wildman–Crippen MR) is 79.5 cm³/mol. The Morgan fingerprint density at radius 3 is 2.75 bits per heavy atom. The lowest BCUT2D eigenvalue weighted by atomic mass is 10.2. The molecule has 0 saturated heterocycles. The van der Waals surface area contributed by atoms with Crippen LogP contribution in [-0.2, 0) is 4.79 Å². The van der Waals surface area contributed by atoms with Crippen molar-refractivity contribution >= 4 is 18.3 Å². The Balaban J connectivity index is 0.00000200. The number of fused-ring (bicyclic) bond motifs is 1. The summed E-state index contributed by atoms with van der Waals surface area (Å²) in [6, 6.07) is 7.41. The Kier molecular flexibility index (Phi) is 6.10. The molecule has 1 amide bonds. The van der Waals surface area contributed by atoms with E-state index in [4.69, 9.17) is 15.2 Å². The van der Waals surface area contributed by atoms with Crippen molar-refractivity contribution in [2.45, 2.75) is 25.5 Å². The van der Waals surface area contributed by atoms with Crippen LogP contribution in [0, 0.1) is 0 Å². The standard InChI is InChI=1S/C14H20N2O3.ClH/c1-10(15)7-14(17)16(2)8-11-9-18-12-5-3-4-6-13(12)19-11;/h3-6,10-11H,7-9,15H2,1-2H3;1H. The molecule has 1 heterocycles. The second-order valence-electron chi connectivity index (χ2n) is 4.95. The minimum absolute atomic E-state index is 0. The van der Waals surface area contributed by atoms with Gasteiger partial charge in [-0.2, -0.15) is 0 Å². The van der Waals surface area contributed by atoms with Crippen LogP contribution in [0.15, 0.2) is 24.3 Å². The van der Waals surface area contributed by atoms with E-state index >= 15 is 0 Å². The molecule has 20 heavy (non-hydrogen) atoms. The minimum atomic E-state index is -0.142. The highest BCUT2D eigenvalue weighted by molar-refractivity contribution is 5.85. The molecule has 1 aromatic rings. The number of benzene rings is 1. The lowest BCUT2D eigenvalue weighted by Gasteiger charge is -2.29. The average molecular weight is 301 g/mol. The van der Waals surface area contributed by atoms with Gasteiger partial charge in [0.1, 0.15) is 6.61 Å². The Labute approximate surface area is 125 Å². The van der Waals surface area contributed by atoms with E-state index in [1.54, 1.807) is 11.9 Å². The second-order valence-corrected chi connectivity index (χ2v) is 4.95. The van der Waals surface area contributed by atoms with Gasteiger partial charge < -0.3 is 20.1 Å². The van der Waals surface area contributed by atoms with E-state index in [1.165, 1.54) is 0 Å². The number of para-hydroxylation sites is 2. The first-order valence-corrected chi connectivity index (χ1v) is 6.44. The Morgan fingerprint density at radius 2 is 2.10 bits per heavy atom. The molecule has 5 nitrogen and oxygen atoms in total. The number of nitrogens with zero attached hydrogens (tertiary/aromatic N) is 1. The van der Waals surface area contributed by atoms with Crippen molar-refractivity contribution in [3.63, 3.8) is 0 Å². The molecule has 1 aromatic carbocycles. The summed E-state index contributed by atoms with van der Waals surface area (Å²) >= 11 is 0. The highest BCUT2D eigenvalue weighted by Crippen LogP contribution is 2.30. The SMILES string of the molecule is CC(N)CC(=O)N(C)CC1COc2ccccc2O1.Cl. The summed E-state index contributed by atoms with van der Waals surface area (Å²) in [5.41, 5.74) is 5.62. The number of hydrogen-bond donors (Lipinski definition) is 1. The van der Waals surface area contributed by atoms with Crippen molar-refractivity contribution in [1.29, 1.82) is 0 Å². The number of carbonyl (C=O) groups is 1. The van der Waals surface area contributed by atoms with E-state index < -0.39 is 0 Å². The summed E-state index contributed by atoms with van der Waals surface area (Å²) in [4.78, 5) is 13.5. The lowest BCUT2D eigenvalue weighted by Crippen LogP contribution is -2.42. The fraction of sp³-hybridized carbons (Fsp3) is 0.500. The molecule has 0 fully saturated rings. The van der Waals surface area contributed by atoms with Gasteiger partial charge in [0.15, 0.2) is 17.6 Å². The van der Waals surface area contributed by atoms with Gasteiger partial charge >= 0.3 is 0 Å². The van der Waals surface area contributed by atoms with Crippen LogP contribution < -0.4 is 15.2 Å². The summed E-state index contributed by atoms with van der Waals surface area (Å²) < 4.78 is 11.4. The number of nitrogens with two attached hydrogens (primary N) is 1. The van der Waals surface area contributed by atoms with Crippen molar-refractivity contribution in [3.05, 3.63) is 24.3 Å². The second kappa shape index (κ2) is 7.36. The monoisotopic (exact) mass is 300 g/mol. The molecule has 0 aliphatic carbocycles. The topological polar surface area (TPSA) is 64.8 Å². The van der Waals surface area contributed by atoms with Crippen LogP contribution in [0.1, 0.15) is 13.3 Å². The normalized spacial score (nSPS) is 17.9. The fourth-order valence-corrected chi connectivity index (χ4v) is 1.99. The highest BCUT2D eigenvalue weighted by Gasteiger charge is 2.23. The number of likely N-dealkylation sites (N-methyl/N-ethyl adjacent to an activating group) is 1. The quantitative estimate of drug-likeness (QED) is 0.914. The molecule has 6 heteroatoms. The summed E-state index contributed by atoms with van der Waals surface area (Å²) in [6.45, 7) is 2.77. The molecule has 0 radical (unpaired) electrons. The summed E-state index contributed by atoms with van der Waals surface area (Å²) in [6.07, 6.45) is 0.206. The van der Waals surface area contributed by atoms with Crippen LogP contribution in [0.5, 0.6) is 11.5 Å². The molecule has 1 aliphatic rings. The zero-order valence-electron chi connectivity index (χ0n) is 11.7. The maximum Gasteiger partial charge on any atom is 0.223 e. The predicted octanol–water partition coefficient (Wildman–Crippen LogP) is 1.44. The van der Waals surface area contributed by atoms with Crippen molar-refractivity contribution in [2.24, 2.45) is 5.73 Å². The third kappa shape index (κ3) is 4.28. The van der Waals surface area contributed by atoms with Gasteiger partial charge in [-0.1, -0.05) is 12.1 Å². The molecular weight excluding hydrogens is 280 g/mol. The maximum absolute atomic E-state index is 11.8. The summed E-state index contributed by atoms with van der Waals surface area (Å²) in [5.74, 6) is 1.51. The molecule has 0 aromatic heterocycles. The molecule has 2 unspecified atom stereocenters. The number of halogens is 1. The van der Waals surface area contributed by atoms with Gasteiger partial charge in [-0.3, -0.25) is 4.79 Å². The van der Waals surface area contributed by atoms with Crippen LogP contribution in [0.25, 0.3) is 0 Å². The van der Waals surface area contributed by atoms with Crippen LogP contribution >= 0.6 is 12.4 Å². The molecule has 0 spiro atoms. The summed E-state index contributed by atoms with van der Waals surface area (Å²) in [7, 11) is 1.76. The number of carbonyl (C=O) groups excluding carboxylic acids is 1. The van der Waals surface area contributed by atoms with Crippen LogP contribution in [0.4, 0.5) is 0 Å². The molecule has 2 atom stereocenters. The molecule has 0 saturated carbocycles. The highest BCUT2D eigenvalue weighted by atomic mass is 35.5.